The minimum atomic E-state index is -1.89. The number of unbranched alkanes of at least 4 members (excludes halogenated alkanes) is 15. The number of aromatic hydroxyl groups is 1. The van der Waals surface area contributed by atoms with Crippen LogP contribution in [0.5, 0.6) is 5.75 Å². The van der Waals surface area contributed by atoms with Crippen molar-refractivity contribution in [2.75, 3.05) is 18.5 Å². The van der Waals surface area contributed by atoms with Crippen LogP contribution >= 0.6 is 30.3 Å². The summed E-state index contributed by atoms with van der Waals surface area (Å²) in [5.41, 5.74) is 3.50. The van der Waals surface area contributed by atoms with Crippen LogP contribution in [-0.2, 0) is 9.98 Å². The number of H-pyrrole nitrogens is 1. The summed E-state index contributed by atoms with van der Waals surface area (Å²) in [4.78, 5) is 12.3. The highest BCUT2D eigenvalue weighted by molar-refractivity contribution is 7.63. The van der Waals surface area contributed by atoms with Gasteiger partial charge in [0.1, 0.15) is 11.4 Å². The third kappa shape index (κ3) is 23.2. The molecule has 2 aromatic carbocycles. The summed E-state index contributed by atoms with van der Waals surface area (Å²) < 4.78 is 15.1. The molecule has 0 fully saturated rings. The van der Waals surface area contributed by atoms with E-state index in [0.29, 0.717) is 44.3 Å². The van der Waals surface area contributed by atoms with Crippen molar-refractivity contribution in [2.45, 2.75) is 210 Å². The van der Waals surface area contributed by atoms with Gasteiger partial charge in [-0.15, -0.1) is 10.2 Å². The van der Waals surface area contributed by atoms with Crippen molar-refractivity contribution in [1.29, 1.82) is 0 Å². The Balaban J connectivity index is 0.000000347. The summed E-state index contributed by atoms with van der Waals surface area (Å²) in [5.74, 6) is 1.06. The zero-order valence-electron chi connectivity index (χ0n) is 42.6. The number of phenols is 1. The van der Waals surface area contributed by atoms with Crippen molar-refractivity contribution in [2.24, 2.45) is 11.3 Å². The van der Waals surface area contributed by atoms with E-state index < -0.39 is 7.14 Å². The number of carbonyl (C=O) groups excluding carboxylic acids is 1. The number of rotatable bonds is 27. The van der Waals surface area contributed by atoms with Crippen molar-refractivity contribution >= 4 is 41.9 Å². The molecule has 0 aliphatic carbocycles. The Hall–Kier alpha value is -2.80. The maximum Gasteiger partial charge on any atom is 0.269 e. The summed E-state index contributed by atoms with van der Waals surface area (Å²) in [7, 11) is -1.89. The number of nitrogens with zero attached hydrogens (tertiary/aromatic N) is 3. The van der Waals surface area contributed by atoms with Crippen molar-refractivity contribution < 1.29 is 14.5 Å². The van der Waals surface area contributed by atoms with Gasteiger partial charge in [0.05, 0.1) is 17.2 Å². The molecule has 2 aromatic heterocycles. The molecule has 3 N–H and O–H groups in total. The van der Waals surface area contributed by atoms with Gasteiger partial charge >= 0.3 is 0 Å². The molecule has 0 saturated heterocycles. The fraction of sp³-hybridized carbons (Fsp3) is 0.685. The van der Waals surface area contributed by atoms with Gasteiger partial charge in [0, 0.05) is 36.2 Å². The molecule has 1 unspecified atom stereocenters. The SMILES string of the molecule is CC(C)(C)CC(C)(C)c1ccc(O)cc1.CC(C)C(C)NC(=O)c1cc2nnc(-c3ccc(Cl)c(Cl)c3)n2[nH]1.CCCCCCCCP(=O)(CCCCCCCC)CCCCCCCC. The van der Waals surface area contributed by atoms with E-state index >= 15 is 0 Å². The van der Waals surface area contributed by atoms with E-state index in [1.54, 1.807) is 40.9 Å². The zero-order chi connectivity index (χ0) is 48.5. The molecule has 0 bridgehead atoms. The number of nitrogens with one attached hydrogen (secondary N) is 2. The second kappa shape index (κ2) is 30.6. The molecule has 4 rings (SSSR count). The van der Waals surface area contributed by atoms with Crippen LogP contribution in [0.25, 0.3) is 17.0 Å². The first-order valence-corrected chi connectivity index (χ1v) is 28.3. The summed E-state index contributed by atoms with van der Waals surface area (Å²) in [5, 5.41) is 24.4. The summed E-state index contributed by atoms with van der Waals surface area (Å²) in [6.45, 7) is 24.2. The smallest absolute Gasteiger partial charge is 0.269 e. The number of aromatic nitrogens is 4. The molecule has 0 spiro atoms. The Morgan fingerprint density at radius 1 is 0.692 bits per heavy atom. The lowest BCUT2D eigenvalue weighted by Gasteiger charge is -2.33. The highest BCUT2D eigenvalue weighted by Gasteiger charge is 2.27. The number of hydrogen-bond donors (Lipinski definition) is 3. The standard InChI is InChI=1S/C24H51OP.C16H17Cl2N5O.C14H22O/c1-4-7-10-13-16-19-22-26(25,23-20-17-14-11-8-5-2)24-21-18-15-12-9-6-3;1-8(2)9(3)19-16(24)13-7-14-20-21-15(23(14)22-13)10-4-5-11(17)12(18)6-10;1-13(2,3)10-14(4,5)11-6-8-12(15)9-7-11/h4-24H2,1-3H3;4-9,22H,1-3H3,(H,19,24);6-9,15H,10H2,1-5H3. The van der Waals surface area contributed by atoms with Gasteiger partial charge in [0.25, 0.3) is 5.91 Å². The number of hydrogen-bond acceptors (Lipinski definition) is 5. The van der Waals surface area contributed by atoms with Crippen molar-refractivity contribution in [3.8, 4) is 17.1 Å². The topological polar surface area (TPSA) is 112 Å². The van der Waals surface area contributed by atoms with Gasteiger partial charge in [0.15, 0.2) is 11.5 Å². The van der Waals surface area contributed by atoms with E-state index in [4.69, 9.17) is 23.2 Å². The van der Waals surface area contributed by atoms with Crippen LogP contribution in [0.2, 0.25) is 10.0 Å². The molecule has 1 atom stereocenters. The van der Waals surface area contributed by atoms with Crippen molar-refractivity contribution in [3.63, 3.8) is 0 Å². The lowest BCUT2D eigenvalue weighted by Crippen LogP contribution is -2.36. The largest absolute Gasteiger partial charge is 0.508 e. The summed E-state index contributed by atoms with van der Waals surface area (Å²) in [6.07, 6.45) is 28.0. The van der Waals surface area contributed by atoms with Crippen LogP contribution in [0.4, 0.5) is 0 Å². The quantitative estimate of drug-likeness (QED) is 0.0407. The highest BCUT2D eigenvalue weighted by Crippen LogP contribution is 2.48. The first-order valence-electron chi connectivity index (χ1n) is 25.3. The first kappa shape index (κ1) is 58.3. The van der Waals surface area contributed by atoms with Crippen molar-refractivity contribution in [1.82, 2.24) is 25.1 Å². The average Bonchev–Trinajstić information content (AvgIpc) is 3.85. The van der Waals surface area contributed by atoms with Crippen LogP contribution in [0.15, 0.2) is 48.5 Å². The normalized spacial score (nSPS) is 12.5. The second-order valence-electron chi connectivity index (χ2n) is 20.7. The molecule has 0 aliphatic rings. The van der Waals surface area contributed by atoms with Gasteiger partial charge in [-0.1, -0.05) is 201 Å². The van der Waals surface area contributed by atoms with Crippen LogP contribution in [0.3, 0.4) is 0 Å². The van der Waals surface area contributed by atoms with Gasteiger partial charge in [-0.3, -0.25) is 9.89 Å². The lowest BCUT2D eigenvalue weighted by molar-refractivity contribution is 0.0925. The fourth-order valence-corrected chi connectivity index (χ4v) is 11.8. The molecule has 65 heavy (non-hydrogen) atoms. The molecule has 11 heteroatoms. The Kier molecular flexibility index (Phi) is 27.4. The van der Waals surface area contributed by atoms with Crippen LogP contribution < -0.4 is 5.32 Å². The minimum Gasteiger partial charge on any atom is -0.508 e. The monoisotopic (exact) mass is 958 g/mol. The number of amides is 1. The number of aromatic amines is 1. The molecule has 368 valence electrons. The highest BCUT2D eigenvalue weighted by atomic mass is 35.5. The fourth-order valence-electron chi connectivity index (χ4n) is 8.39. The summed E-state index contributed by atoms with van der Waals surface area (Å²) in [6, 6.07) is 14.5. The molecular weight excluding hydrogens is 869 g/mol. The Labute approximate surface area is 406 Å². The number of benzene rings is 2. The second-order valence-corrected chi connectivity index (χ2v) is 25.0. The van der Waals surface area contributed by atoms with Gasteiger partial charge in [0.2, 0.25) is 0 Å². The third-order valence-electron chi connectivity index (χ3n) is 12.4. The number of phenolic OH excluding ortho intramolecular Hbond substituents is 1. The maximum absolute atomic E-state index is 13.5. The molecule has 2 heterocycles. The molecule has 1 amide bonds. The summed E-state index contributed by atoms with van der Waals surface area (Å²) >= 11 is 12.0. The van der Waals surface area contributed by atoms with E-state index in [0.717, 1.165) is 30.5 Å². The maximum atomic E-state index is 13.5. The first-order chi connectivity index (χ1) is 30.8. The molecule has 8 nitrogen and oxygen atoms in total. The van der Waals surface area contributed by atoms with Crippen LogP contribution in [0.1, 0.15) is 214 Å². The van der Waals surface area contributed by atoms with Gasteiger partial charge < -0.3 is 15.0 Å². The Morgan fingerprint density at radius 3 is 1.62 bits per heavy atom. The third-order valence-corrected chi connectivity index (χ3v) is 16.5. The number of fused-ring (bicyclic) bond motifs is 1. The van der Waals surface area contributed by atoms with Gasteiger partial charge in [-0.25, -0.2) is 4.52 Å². The van der Waals surface area contributed by atoms with Crippen molar-refractivity contribution in [3.05, 3.63) is 69.8 Å². The van der Waals surface area contributed by atoms with E-state index in [9.17, 15) is 14.5 Å². The van der Waals surface area contributed by atoms with Crippen LogP contribution in [0, 0.1) is 11.3 Å². The van der Waals surface area contributed by atoms with E-state index in [2.05, 4.69) is 89.9 Å². The molecule has 4 aromatic rings. The zero-order valence-corrected chi connectivity index (χ0v) is 45.0. The van der Waals surface area contributed by atoms with E-state index in [1.165, 1.54) is 121 Å². The number of halogens is 2. The predicted molar refractivity (Wildman–Crippen MR) is 282 cm³/mol. The molecule has 0 radical (unpaired) electrons. The van der Waals surface area contributed by atoms with Gasteiger partial charge in [-0.05, 0) is 85.3 Å². The minimum absolute atomic E-state index is 0.0702. The predicted octanol–water partition coefficient (Wildman–Crippen LogP) is 17.3. The molecule has 0 aliphatic heterocycles. The van der Waals surface area contributed by atoms with Gasteiger partial charge in [-0.2, -0.15) is 0 Å². The molecular formula is C54H90Cl2N5O3P. The van der Waals surface area contributed by atoms with E-state index in [-0.39, 0.29) is 17.4 Å². The number of carbonyl (C=O) groups is 1. The molecule has 0 saturated carbocycles. The van der Waals surface area contributed by atoms with Crippen LogP contribution in [-0.4, -0.2) is 55.4 Å². The lowest BCUT2D eigenvalue weighted by atomic mass is 9.72. The Morgan fingerprint density at radius 2 is 1.17 bits per heavy atom. The average molecular weight is 959 g/mol. The Bertz CT molecular complexity index is 1900. The van der Waals surface area contributed by atoms with E-state index in [1.807, 2.05) is 19.1 Å².